The van der Waals surface area contributed by atoms with Crippen molar-refractivity contribution in [3.63, 3.8) is 0 Å². The van der Waals surface area contributed by atoms with Gasteiger partial charge in [-0.25, -0.2) is 4.98 Å². The van der Waals surface area contributed by atoms with Crippen LogP contribution in [0.15, 0.2) is 29.0 Å². The molecule has 0 bridgehead atoms. The number of nitrogens with one attached hydrogen (secondary N) is 2. The van der Waals surface area contributed by atoms with Crippen molar-refractivity contribution in [3.05, 3.63) is 39.7 Å². The summed E-state index contributed by atoms with van der Waals surface area (Å²) in [6.45, 7) is 0. The van der Waals surface area contributed by atoms with Crippen LogP contribution >= 0.6 is 27.5 Å². The zero-order valence-corrected chi connectivity index (χ0v) is 10.2. The lowest BCUT2D eigenvalue weighted by Gasteiger charge is -2.02. The van der Waals surface area contributed by atoms with Crippen LogP contribution in [0, 0.1) is 0 Å². The second-order valence-corrected chi connectivity index (χ2v) is 4.23. The van der Waals surface area contributed by atoms with Gasteiger partial charge in [-0.3, -0.25) is 9.89 Å². The van der Waals surface area contributed by atoms with Crippen LogP contribution in [0.25, 0.3) is 0 Å². The molecule has 0 saturated heterocycles. The molecule has 16 heavy (non-hydrogen) atoms. The van der Waals surface area contributed by atoms with Gasteiger partial charge in [-0.1, -0.05) is 11.6 Å². The summed E-state index contributed by atoms with van der Waals surface area (Å²) in [5.74, 6) is 0.0659. The number of hydrogen-bond acceptors (Lipinski definition) is 3. The molecule has 1 amide bonds. The molecule has 0 atom stereocenters. The number of pyridine rings is 1. The Labute approximate surface area is 104 Å². The first-order valence-electron chi connectivity index (χ1n) is 4.28. The largest absolute Gasteiger partial charge is 0.305 e. The van der Waals surface area contributed by atoms with E-state index in [2.05, 4.69) is 36.4 Å². The fraction of sp³-hybridized carbons (Fsp3) is 0. The maximum Gasteiger partial charge on any atom is 0.276 e. The lowest BCUT2D eigenvalue weighted by atomic mass is 10.4. The number of rotatable bonds is 2. The fourth-order valence-corrected chi connectivity index (χ4v) is 1.47. The number of carbonyl (C=O) groups is 1. The molecular formula is C9H6BrClN4O. The molecule has 0 aliphatic carbocycles. The molecule has 0 aromatic carbocycles. The van der Waals surface area contributed by atoms with Crippen LogP contribution in [-0.2, 0) is 0 Å². The number of anilines is 1. The number of carbonyl (C=O) groups excluding carboxylic acids is 1. The van der Waals surface area contributed by atoms with Gasteiger partial charge >= 0.3 is 0 Å². The number of aromatic nitrogens is 3. The Morgan fingerprint density at radius 3 is 2.81 bits per heavy atom. The molecule has 0 aliphatic heterocycles. The molecule has 0 unspecified atom stereocenters. The second kappa shape index (κ2) is 4.63. The van der Waals surface area contributed by atoms with Crippen LogP contribution in [0.3, 0.4) is 0 Å². The standard InChI is InChI=1S/C9H6BrClN4O/c10-5-1-2-7(12-3-5)14-9(16)8-6(11)4-13-15-8/h1-4H,(H,13,15)(H,12,14,16). The highest BCUT2D eigenvalue weighted by Gasteiger charge is 2.12. The van der Waals surface area contributed by atoms with Gasteiger partial charge in [0.15, 0.2) is 0 Å². The van der Waals surface area contributed by atoms with E-state index in [9.17, 15) is 4.79 Å². The number of hydrogen-bond donors (Lipinski definition) is 2. The van der Waals surface area contributed by atoms with Gasteiger partial charge in [0.2, 0.25) is 0 Å². The fourth-order valence-electron chi connectivity index (χ4n) is 1.06. The number of nitrogens with zero attached hydrogens (tertiary/aromatic N) is 2. The number of amides is 1. The minimum atomic E-state index is -0.377. The van der Waals surface area contributed by atoms with Crippen molar-refractivity contribution < 1.29 is 4.79 Å². The Morgan fingerprint density at radius 2 is 2.25 bits per heavy atom. The molecule has 0 aliphatic rings. The van der Waals surface area contributed by atoms with Gasteiger partial charge in [-0.15, -0.1) is 0 Å². The van der Waals surface area contributed by atoms with Gasteiger partial charge in [0.1, 0.15) is 11.5 Å². The van der Waals surface area contributed by atoms with E-state index >= 15 is 0 Å². The molecular weight excluding hydrogens is 295 g/mol. The minimum Gasteiger partial charge on any atom is -0.305 e. The Morgan fingerprint density at radius 1 is 1.44 bits per heavy atom. The Bertz CT molecular complexity index is 510. The average molecular weight is 302 g/mol. The third-order valence-corrected chi connectivity index (χ3v) is 2.54. The van der Waals surface area contributed by atoms with E-state index in [0.717, 1.165) is 4.47 Å². The molecule has 7 heteroatoms. The summed E-state index contributed by atoms with van der Waals surface area (Å²) in [7, 11) is 0. The normalized spacial score (nSPS) is 10.1. The van der Waals surface area contributed by atoms with Crippen LogP contribution in [0.1, 0.15) is 10.5 Å². The van der Waals surface area contributed by atoms with Crippen molar-refractivity contribution in [2.45, 2.75) is 0 Å². The Balaban J connectivity index is 2.14. The smallest absolute Gasteiger partial charge is 0.276 e. The van der Waals surface area contributed by atoms with Crippen molar-refractivity contribution in [1.29, 1.82) is 0 Å². The first kappa shape index (κ1) is 11.1. The molecule has 0 saturated carbocycles. The van der Waals surface area contributed by atoms with Gasteiger partial charge in [0.05, 0.1) is 11.2 Å². The third kappa shape index (κ3) is 2.40. The van der Waals surface area contributed by atoms with E-state index in [1.54, 1.807) is 18.3 Å². The molecule has 0 spiro atoms. The SMILES string of the molecule is O=C(Nc1ccc(Br)cn1)c1[nH]ncc1Cl. The highest BCUT2D eigenvalue weighted by Crippen LogP contribution is 2.14. The third-order valence-electron chi connectivity index (χ3n) is 1.79. The minimum absolute atomic E-state index is 0.214. The Hall–Kier alpha value is -1.40. The van der Waals surface area contributed by atoms with E-state index in [1.807, 2.05) is 0 Å². The molecule has 5 nitrogen and oxygen atoms in total. The lowest BCUT2D eigenvalue weighted by Crippen LogP contribution is -2.13. The molecule has 82 valence electrons. The van der Waals surface area contributed by atoms with Crippen LogP contribution in [0.4, 0.5) is 5.82 Å². The van der Waals surface area contributed by atoms with Crippen molar-refractivity contribution in [2.75, 3.05) is 5.32 Å². The maximum atomic E-state index is 11.7. The van der Waals surface area contributed by atoms with E-state index < -0.39 is 0 Å². The highest BCUT2D eigenvalue weighted by atomic mass is 79.9. The first-order valence-corrected chi connectivity index (χ1v) is 5.45. The number of halogens is 2. The molecule has 2 rings (SSSR count). The van der Waals surface area contributed by atoms with Gasteiger partial charge < -0.3 is 5.32 Å². The van der Waals surface area contributed by atoms with Gasteiger partial charge in [-0.05, 0) is 28.1 Å². The summed E-state index contributed by atoms with van der Waals surface area (Å²) in [6.07, 6.45) is 2.95. The Kier molecular flexibility index (Phi) is 3.21. The van der Waals surface area contributed by atoms with Crippen LogP contribution in [-0.4, -0.2) is 21.1 Å². The van der Waals surface area contributed by atoms with Crippen LogP contribution in [0.5, 0.6) is 0 Å². The van der Waals surface area contributed by atoms with Crippen molar-refractivity contribution in [1.82, 2.24) is 15.2 Å². The average Bonchev–Trinajstić information content (AvgIpc) is 2.68. The van der Waals surface area contributed by atoms with Crippen LogP contribution < -0.4 is 5.32 Å². The summed E-state index contributed by atoms with van der Waals surface area (Å²) in [5.41, 5.74) is 0.214. The van der Waals surface area contributed by atoms with Gasteiger partial charge in [-0.2, -0.15) is 5.10 Å². The summed E-state index contributed by atoms with van der Waals surface area (Å²) in [5, 5.41) is 9.02. The molecule has 2 N–H and O–H groups in total. The predicted molar refractivity (Wildman–Crippen MR) is 63.5 cm³/mol. The number of aromatic amines is 1. The molecule has 2 aromatic heterocycles. The maximum absolute atomic E-state index is 11.7. The summed E-state index contributed by atoms with van der Waals surface area (Å²) in [4.78, 5) is 15.7. The van der Waals surface area contributed by atoms with E-state index in [1.165, 1.54) is 6.20 Å². The summed E-state index contributed by atoms with van der Waals surface area (Å²) >= 11 is 8.99. The van der Waals surface area contributed by atoms with Crippen LogP contribution in [0.2, 0.25) is 5.02 Å². The second-order valence-electron chi connectivity index (χ2n) is 2.91. The molecule has 2 aromatic rings. The molecule has 0 fully saturated rings. The zero-order chi connectivity index (χ0) is 11.5. The van der Waals surface area contributed by atoms with Gasteiger partial charge in [0, 0.05) is 10.7 Å². The topological polar surface area (TPSA) is 70.7 Å². The summed E-state index contributed by atoms with van der Waals surface area (Å²) in [6, 6.07) is 3.45. The van der Waals surface area contributed by atoms with E-state index in [0.29, 0.717) is 5.82 Å². The zero-order valence-electron chi connectivity index (χ0n) is 7.87. The summed E-state index contributed by atoms with van der Waals surface area (Å²) < 4.78 is 0.838. The van der Waals surface area contributed by atoms with E-state index in [-0.39, 0.29) is 16.6 Å². The molecule has 0 radical (unpaired) electrons. The first-order chi connectivity index (χ1) is 7.66. The quantitative estimate of drug-likeness (QED) is 0.895. The van der Waals surface area contributed by atoms with Gasteiger partial charge in [0.25, 0.3) is 5.91 Å². The van der Waals surface area contributed by atoms with Crippen molar-refractivity contribution in [2.24, 2.45) is 0 Å². The van der Waals surface area contributed by atoms with Crippen molar-refractivity contribution in [3.8, 4) is 0 Å². The predicted octanol–water partition coefficient (Wildman–Crippen LogP) is 2.47. The van der Waals surface area contributed by atoms with Crippen molar-refractivity contribution >= 4 is 39.3 Å². The lowest BCUT2D eigenvalue weighted by molar-refractivity contribution is 0.102. The highest BCUT2D eigenvalue weighted by molar-refractivity contribution is 9.10. The monoisotopic (exact) mass is 300 g/mol. The van der Waals surface area contributed by atoms with E-state index in [4.69, 9.17) is 11.6 Å². The molecule has 2 heterocycles. The number of H-pyrrole nitrogens is 1.